The van der Waals surface area contributed by atoms with E-state index in [1.54, 1.807) is 6.07 Å². The molecule has 7 nitrogen and oxygen atoms in total. The molecule has 1 aromatic carbocycles. The Kier molecular flexibility index (Phi) is 5.44. The number of piperidine rings is 1. The third-order valence-electron chi connectivity index (χ3n) is 5.62. The Labute approximate surface area is 149 Å². The van der Waals surface area contributed by atoms with E-state index in [1.165, 1.54) is 7.11 Å². The average molecular weight is 348 g/mol. The van der Waals surface area contributed by atoms with Crippen LogP contribution in [0.3, 0.4) is 0 Å². The van der Waals surface area contributed by atoms with Gasteiger partial charge in [-0.1, -0.05) is 0 Å². The van der Waals surface area contributed by atoms with E-state index in [-0.39, 0.29) is 10.6 Å². The number of hydrogen-bond acceptors (Lipinski definition) is 6. The van der Waals surface area contributed by atoms with Gasteiger partial charge in [0.2, 0.25) is 5.75 Å². The van der Waals surface area contributed by atoms with Crippen LogP contribution in [0.5, 0.6) is 5.75 Å². The number of piperazine rings is 1. The fourth-order valence-corrected chi connectivity index (χ4v) is 4.07. The van der Waals surface area contributed by atoms with Gasteiger partial charge in [0.1, 0.15) is 0 Å². The molecule has 0 unspecified atom stereocenters. The van der Waals surface area contributed by atoms with Crippen LogP contribution in [-0.4, -0.2) is 74.2 Å². The second kappa shape index (κ2) is 7.58. The van der Waals surface area contributed by atoms with Crippen molar-refractivity contribution in [2.75, 3.05) is 58.3 Å². The third-order valence-corrected chi connectivity index (χ3v) is 5.62. The van der Waals surface area contributed by atoms with Gasteiger partial charge in [-0.3, -0.25) is 15.0 Å². The summed E-state index contributed by atoms with van der Waals surface area (Å²) in [5.74, 6) is 0.378. The lowest BCUT2D eigenvalue weighted by atomic mass is 10.0. The topological polar surface area (TPSA) is 62.1 Å². The van der Waals surface area contributed by atoms with Crippen molar-refractivity contribution in [3.8, 4) is 5.75 Å². The molecule has 0 amide bonds. The number of benzene rings is 1. The fourth-order valence-electron chi connectivity index (χ4n) is 4.07. The first-order valence-corrected chi connectivity index (χ1v) is 9.00. The van der Waals surface area contributed by atoms with Crippen molar-refractivity contribution < 1.29 is 9.66 Å². The largest absolute Gasteiger partial charge is 0.490 e. The lowest BCUT2D eigenvalue weighted by Gasteiger charge is -2.42. The summed E-state index contributed by atoms with van der Waals surface area (Å²) in [4.78, 5) is 18.1. The Balaban J connectivity index is 1.68. The quantitative estimate of drug-likeness (QED) is 0.614. The van der Waals surface area contributed by atoms with E-state index in [2.05, 4.69) is 21.7 Å². The Bertz CT molecular complexity index is 621. The maximum atomic E-state index is 11.2. The number of likely N-dealkylation sites (N-methyl/N-ethyl adjacent to an activating group) is 1. The van der Waals surface area contributed by atoms with Gasteiger partial charge in [-0.15, -0.1) is 0 Å². The van der Waals surface area contributed by atoms with Crippen molar-refractivity contribution in [1.82, 2.24) is 9.80 Å². The van der Waals surface area contributed by atoms with Gasteiger partial charge < -0.3 is 14.5 Å². The third kappa shape index (κ3) is 3.72. The van der Waals surface area contributed by atoms with Crippen LogP contribution >= 0.6 is 0 Å². The van der Waals surface area contributed by atoms with Crippen LogP contribution in [0.2, 0.25) is 0 Å². The van der Waals surface area contributed by atoms with Crippen LogP contribution in [0.1, 0.15) is 18.4 Å². The smallest absolute Gasteiger partial charge is 0.311 e. The van der Waals surface area contributed by atoms with E-state index in [9.17, 15) is 10.1 Å². The van der Waals surface area contributed by atoms with Crippen molar-refractivity contribution >= 4 is 11.4 Å². The van der Waals surface area contributed by atoms with Gasteiger partial charge >= 0.3 is 5.69 Å². The normalized spacial score (nSPS) is 20.7. The summed E-state index contributed by atoms with van der Waals surface area (Å²) < 4.78 is 5.31. The molecule has 2 saturated heterocycles. The molecule has 0 aromatic heterocycles. The second-order valence-electron chi connectivity index (χ2n) is 7.08. The monoisotopic (exact) mass is 348 g/mol. The second-order valence-corrected chi connectivity index (χ2v) is 7.08. The SMILES string of the molecule is COc1c([N+](=O)[O-])ccc(N2CCC(N3CCN(C)CC3)CC2)c1C. The predicted molar refractivity (Wildman–Crippen MR) is 98.7 cm³/mol. The van der Waals surface area contributed by atoms with E-state index >= 15 is 0 Å². The maximum Gasteiger partial charge on any atom is 0.311 e. The van der Waals surface area contributed by atoms with Gasteiger partial charge in [-0.05, 0) is 32.9 Å². The number of nitro benzene ring substituents is 1. The zero-order valence-corrected chi connectivity index (χ0v) is 15.4. The Hall–Kier alpha value is -1.86. The highest BCUT2D eigenvalue weighted by molar-refractivity contribution is 5.66. The van der Waals surface area contributed by atoms with E-state index in [0.717, 1.165) is 63.4 Å². The first kappa shape index (κ1) is 17.9. The van der Waals surface area contributed by atoms with Crippen LogP contribution in [-0.2, 0) is 0 Å². The summed E-state index contributed by atoms with van der Waals surface area (Å²) in [6.07, 6.45) is 2.28. The van der Waals surface area contributed by atoms with Crippen molar-refractivity contribution in [2.45, 2.75) is 25.8 Å². The van der Waals surface area contributed by atoms with Crippen molar-refractivity contribution in [1.29, 1.82) is 0 Å². The number of ether oxygens (including phenoxy) is 1. The number of hydrogen-bond donors (Lipinski definition) is 0. The van der Waals surface area contributed by atoms with E-state index in [1.807, 2.05) is 13.0 Å². The number of nitrogens with zero attached hydrogens (tertiary/aromatic N) is 4. The van der Waals surface area contributed by atoms with Gasteiger partial charge in [0.15, 0.2) is 0 Å². The first-order valence-electron chi connectivity index (χ1n) is 9.00. The molecule has 0 bridgehead atoms. The summed E-state index contributed by atoms with van der Waals surface area (Å²) >= 11 is 0. The molecule has 2 heterocycles. The molecule has 0 spiro atoms. The molecule has 0 saturated carbocycles. The molecular formula is C18H28N4O3. The van der Waals surface area contributed by atoms with E-state index < -0.39 is 0 Å². The lowest BCUT2D eigenvalue weighted by molar-refractivity contribution is -0.385. The Morgan fingerprint density at radius 2 is 1.76 bits per heavy atom. The van der Waals surface area contributed by atoms with Gasteiger partial charge in [0.05, 0.1) is 12.0 Å². The molecule has 0 N–H and O–H groups in total. The van der Waals surface area contributed by atoms with Crippen LogP contribution < -0.4 is 9.64 Å². The predicted octanol–water partition coefficient (Wildman–Crippen LogP) is 2.13. The highest BCUT2D eigenvalue weighted by Gasteiger charge is 2.28. The van der Waals surface area contributed by atoms with Gasteiger partial charge in [-0.2, -0.15) is 0 Å². The van der Waals surface area contributed by atoms with Gasteiger partial charge in [-0.25, -0.2) is 0 Å². The molecule has 2 aliphatic heterocycles. The highest BCUT2D eigenvalue weighted by Crippen LogP contribution is 2.37. The molecule has 2 fully saturated rings. The molecule has 0 atom stereocenters. The van der Waals surface area contributed by atoms with Crippen LogP contribution in [0.4, 0.5) is 11.4 Å². The Morgan fingerprint density at radius 3 is 2.32 bits per heavy atom. The number of nitro groups is 1. The molecule has 0 radical (unpaired) electrons. The Morgan fingerprint density at radius 1 is 1.12 bits per heavy atom. The molecule has 2 aliphatic rings. The summed E-state index contributed by atoms with van der Waals surface area (Å²) in [6, 6.07) is 4.09. The average Bonchev–Trinajstić information content (AvgIpc) is 2.62. The number of rotatable bonds is 4. The zero-order valence-electron chi connectivity index (χ0n) is 15.4. The fraction of sp³-hybridized carbons (Fsp3) is 0.667. The summed E-state index contributed by atoms with van der Waals surface area (Å²) in [7, 11) is 3.68. The van der Waals surface area contributed by atoms with Crippen molar-refractivity contribution in [2.24, 2.45) is 0 Å². The molecule has 138 valence electrons. The van der Waals surface area contributed by atoms with Gasteiger partial charge in [0.25, 0.3) is 0 Å². The van der Waals surface area contributed by atoms with Crippen LogP contribution in [0.25, 0.3) is 0 Å². The van der Waals surface area contributed by atoms with E-state index in [0.29, 0.717) is 11.8 Å². The minimum atomic E-state index is -0.380. The summed E-state index contributed by atoms with van der Waals surface area (Å²) in [6.45, 7) is 8.50. The molecule has 1 aromatic rings. The summed E-state index contributed by atoms with van der Waals surface area (Å²) in [5.41, 5.74) is 1.95. The molecule has 0 aliphatic carbocycles. The number of methoxy groups -OCH3 is 1. The standard InChI is InChI=1S/C18H28N4O3/c1-14-16(4-5-17(22(23)24)18(14)25-3)21-8-6-15(7-9-21)20-12-10-19(2)11-13-20/h4-5,15H,6-13H2,1-3H3. The first-order chi connectivity index (χ1) is 12.0. The lowest BCUT2D eigenvalue weighted by Crippen LogP contribution is -2.52. The zero-order chi connectivity index (χ0) is 18.0. The van der Waals surface area contributed by atoms with Crippen LogP contribution in [0, 0.1) is 17.0 Å². The number of anilines is 1. The van der Waals surface area contributed by atoms with Crippen LogP contribution in [0.15, 0.2) is 12.1 Å². The molecule has 3 rings (SSSR count). The molecule has 7 heteroatoms. The highest BCUT2D eigenvalue weighted by atomic mass is 16.6. The molecule has 25 heavy (non-hydrogen) atoms. The summed E-state index contributed by atoms with van der Waals surface area (Å²) in [5, 5.41) is 11.2. The van der Waals surface area contributed by atoms with Crippen molar-refractivity contribution in [3.05, 3.63) is 27.8 Å². The van der Waals surface area contributed by atoms with Gasteiger partial charge in [0, 0.05) is 62.6 Å². The minimum Gasteiger partial charge on any atom is -0.490 e. The van der Waals surface area contributed by atoms with E-state index in [4.69, 9.17) is 4.74 Å². The molecular weight excluding hydrogens is 320 g/mol. The minimum absolute atomic E-state index is 0.0380. The maximum absolute atomic E-state index is 11.2. The van der Waals surface area contributed by atoms with Crippen molar-refractivity contribution in [3.63, 3.8) is 0 Å².